The quantitative estimate of drug-likeness (QED) is 0.371. The third-order valence-corrected chi connectivity index (χ3v) is 4.66. The number of hydrogen-bond donors (Lipinski definition) is 2. The van der Waals surface area contributed by atoms with E-state index in [1.165, 1.54) is 6.33 Å². The van der Waals surface area contributed by atoms with Gasteiger partial charge < -0.3 is 20.1 Å². The Bertz CT molecular complexity index is 1180. The van der Waals surface area contributed by atoms with E-state index in [2.05, 4.69) is 44.4 Å². The third kappa shape index (κ3) is 5.47. The largest absolute Gasteiger partial charge is 0.491 e. The summed E-state index contributed by atoms with van der Waals surface area (Å²) in [4.78, 5) is 17.4. The summed E-state index contributed by atoms with van der Waals surface area (Å²) in [5.74, 6) is 3.24. The van der Waals surface area contributed by atoms with Crippen LogP contribution in [0.25, 0.3) is 10.9 Å². The van der Waals surface area contributed by atoms with Crippen LogP contribution in [0, 0.1) is 6.92 Å². The van der Waals surface area contributed by atoms with E-state index >= 15 is 0 Å². The third-order valence-electron chi connectivity index (χ3n) is 4.66. The molecule has 3 heterocycles. The van der Waals surface area contributed by atoms with Gasteiger partial charge >= 0.3 is 0 Å². The van der Waals surface area contributed by atoms with Gasteiger partial charge in [0.1, 0.15) is 36.1 Å². The lowest BCUT2D eigenvalue weighted by Crippen LogP contribution is -2.27. The van der Waals surface area contributed by atoms with Crippen molar-refractivity contribution in [3.05, 3.63) is 66.7 Å². The molecule has 0 bridgehead atoms. The van der Waals surface area contributed by atoms with Gasteiger partial charge in [0.2, 0.25) is 5.88 Å². The zero-order valence-corrected chi connectivity index (χ0v) is 18.4. The van der Waals surface area contributed by atoms with Gasteiger partial charge in [-0.15, -0.1) is 0 Å². The fourth-order valence-corrected chi connectivity index (χ4v) is 3.11. The molecule has 0 aliphatic heterocycles. The molecule has 4 rings (SSSR count). The first-order valence-corrected chi connectivity index (χ1v) is 10.5. The van der Waals surface area contributed by atoms with Gasteiger partial charge in [-0.3, -0.25) is 0 Å². The van der Waals surface area contributed by atoms with Crippen molar-refractivity contribution < 1.29 is 9.47 Å². The number of fused-ring (bicyclic) bond motifs is 1. The Hall–Kier alpha value is -3.78. The molecule has 2 N–H and O–H groups in total. The Labute approximate surface area is 187 Å². The van der Waals surface area contributed by atoms with Gasteiger partial charge in [-0.25, -0.2) is 19.9 Å². The van der Waals surface area contributed by atoms with Crippen molar-refractivity contribution >= 4 is 22.5 Å². The van der Waals surface area contributed by atoms with Crippen molar-refractivity contribution in [2.24, 2.45) is 0 Å². The van der Waals surface area contributed by atoms with Crippen LogP contribution in [-0.2, 0) is 0 Å². The summed E-state index contributed by atoms with van der Waals surface area (Å²) in [5.41, 5.74) is 1.68. The Kier molecular flexibility index (Phi) is 6.72. The smallest absolute Gasteiger partial charge is 0.222 e. The van der Waals surface area contributed by atoms with Gasteiger partial charge in [0.05, 0.1) is 11.7 Å². The number of benzene rings is 1. The highest BCUT2D eigenvalue weighted by molar-refractivity contribution is 5.91. The molecule has 0 aliphatic rings. The van der Waals surface area contributed by atoms with E-state index in [1.54, 1.807) is 12.4 Å². The SMILES string of the molecule is Cc1cc(OCCNC(C)C)cnc1Oc1ccc2ncnc(Nc3ccccn3)c2c1. The Morgan fingerprint density at radius 1 is 0.969 bits per heavy atom. The molecule has 0 aliphatic carbocycles. The molecule has 0 saturated carbocycles. The van der Waals surface area contributed by atoms with Gasteiger partial charge in [0.25, 0.3) is 0 Å². The average Bonchev–Trinajstić information content (AvgIpc) is 2.79. The van der Waals surface area contributed by atoms with Gasteiger partial charge in [-0.05, 0) is 43.3 Å². The van der Waals surface area contributed by atoms with Gasteiger partial charge in [0.15, 0.2) is 0 Å². The van der Waals surface area contributed by atoms with Crippen LogP contribution in [0.2, 0.25) is 0 Å². The highest BCUT2D eigenvalue weighted by atomic mass is 16.5. The highest BCUT2D eigenvalue weighted by Gasteiger charge is 2.10. The molecule has 0 fully saturated rings. The average molecular weight is 431 g/mol. The number of rotatable bonds is 9. The summed E-state index contributed by atoms with van der Waals surface area (Å²) in [6, 6.07) is 13.7. The lowest BCUT2D eigenvalue weighted by atomic mass is 10.2. The molecular weight excluding hydrogens is 404 g/mol. The minimum absolute atomic E-state index is 0.432. The van der Waals surface area contributed by atoms with E-state index in [1.807, 2.05) is 49.4 Å². The fraction of sp³-hybridized carbons (Fsp3) is 0.250. The van der Waals surface area contributed by atoms with Crippen molar-refractivity contribution in [2.45, 2.75) is 26.8 Å². The van der Waals surface area contributed by atoms with Crippen LogP contribution in [0.4, 0.5) is 11.6 Å². The maximum absolute atomic E-state index is 6.06. The number of aromatic nitrogens is 4. The lowest BCUT2D eigenvalue weighted by molar-refractivity contribution is 0.306. The molecule has 0 saturated heterocycles. The van der Waals surface area contributed by atoms with Crippen molar-refractivity contribution in [3.8, 4) is 17.4 Å². The first-order chi connectivity index (χ1) is 15.6. The zero-order chi connectivity index (χ0) is 22.3. The molecule has 0 spiro atoms. The van der Waals surface area contributed by atoms with Gasteiger partial charge in [-0.1, -0.05) is 19.9 Å². The van der Waals surface area contributed by atoms with Gasteiger partial charge in [0, 0.05) is 29.7 Å². The molecule has 8 nitrogen and oxygen atoms in total. The second-order valence-corrected chi connectivity index (χ2v) is 7.59. The number of aryl methyl sites for hydroxylation is 1. The maximum atomic E-state index is 6.06. The normalized spacial score (nSPS) is 11.0. The first-order valence-electron chi connectivity index (χ1n) is 10.5. The summed E-state index contributed by atoms with van der Waals surface area (Å²) in [6.07, 6.45) is 4.92. The minimum Gasteiger partial charge on any atom is -0.491 e. The predicted molar refractivity (Wildman–Crippen MR) is 125 cm³/mol. The van der Waals surface area contributed by atoms with Crippen molar-refractivity contribution in [1.29, 1.82) is 0 Å². The number of pyridine rings is 2. The maximum Gasteiger partial charge on any atom is 0.222 e. The van der Waals surface area contributed by atoms with Crippen LogP contribution in [0.3, 0.4) is 0 Å². The number of anilines is 2. The Morgan fingerprint density at radius 2 is 1.88 bits per heavy atom. The van der Waals surface area contributed by atoms with Crippen molar-refractivity contribution in [3.63, 3.8) is 0 Å². The second kappa shape index (κ2) is 10.0. The molecule has 0 unspecified atom stereocenters. The number of nitrogens with zero attached hydrogens (tertiary/aromatic N) is 4. The standard InChI is InChI=1S/C24H26N6O2/c1-16(2)25-10-11-31-19-12-17(3)24(27-14-19)32-18-7-8-21-20(13-18)23(29-15-28-21)30-22-6-4-5-9-26-22/h4-9,12-16,25H,10-11H2,1-3H3,(H,26,28,29,30). The van der Waals surface area contributed by atoms with Crippen LogP contribution >= 0.6 is 0 Å². The molecule has 32 heavy (non-hydrogen) atoms. The summed E-state index contributed by atoms with van der Waals surface area (Å²) < 4.78 is 11.8. The van der Waals surface area contributed by atoms with Crippen molar-refractivity contribution in [2.75, 3.05) is 18.5 Å². The zero-order valence-electron chi connectivity index (χ0n) is 18.4. The molecule has 3 aromatic heterocycles. The van der Waals surface area contributed by atoms with Crippen LogP contribution in [0.1, 0.15) is 19.4 Å². The van der Waals surface area contributed by atoms with E-state index in [0.717, 1.165) is 23.0 Å². The molecule has 0 radical (unpaired) electrons. The first kappa shape index (κ1) is 21.5. The molecule has 164 valence electrons. The van der Waals surface area contributed by atoms with Crippen LogP contribution < -0.4 is 20.1 Å². The van der Waals surface area contributed by atoms with E-state index in [0.29, 0.717) is 41.7 Å². The fourth-order valence-electron chi connectivity index (χ4n) is 3.11. The second-order valence-electron chi connectivity index (χ2n) is 7.59. The van der Waals surface area contributed by atoms with E-state index in [4.69, 9.17) is 9.47 Å². The van der Waals surface area contributed by atoms with E-state index in [9.17, 15) is 0 Å². The molecular formula is C24H26N6O2. The molecule has 8 heteroatoms. The monoisotopic (exact) mass is 430 g/mol. The summed E-state index contributed by atoms with van der Waals surface area (Å²) in [6.45, 7) is 7.52. The summed E-state index contributed by atoms with van der Waals surface area (Å²) in [5, 5.41) is 7.38. The Morgan fingerprint density at radius 3 is 2.66 bits per heavy atom. The number of ether oxygens (including phenoxy) is 2. The Balaban J connectivity index is 1.50. The topological polar surface area (TPSA) is 94.1 Å². The summed E-state index contributed by atoms with van der Waals surface area (Å²) in [7, 11) is 0. The highest BCUT2D eigenvalue weighted by Crippen LogP contribution is 2.30. The van der Waals surface area contributed by atoms with Crippen LogP contribution in [0.5, 0.6) is 17.4 Å². The predicted octanol–water partition coefficient (Wildman–Crippen LogP) is 4.64. The van der Waals surface area contributed by atoms with E-state index in [-0.39, 0.29) is 0 Å². The van der Waals surface area contributed by atoms with Gasteiger partial charge in [-0.2, -0.15) is 0 Å². The number of nitrogens with one attached hydrogen (secondary N) is 2. The van der Waals surface area contributed by atoms with Crippen molar-refractivity contribution in [1.82, 2.24) is 25.3 Å². The van der Waals surface area contributed by atoms with Crippen LogP contribution in [0.15, 0.2) is 61.2 Å². The molecule has 0 amide bonds. The summed E-state index contributed by atoms with van der Waals surface area (Å²) >= 11 is 0. The molecule has 4 aromatic rings. The lowest BCUT2D eigenvalue weighted by Gasteiger charge is -2.12. The van der Waals surface area contributed by atoms with Crippen LogP contribution in [-0.4, -0.2) is 39.1 Å². The van der Waals surface area contributed by atoms with E-state index < -0.39 is 0 Å². The number of hydrogen-bond acceptors (Lipinski definition) is 8. The molecule has 1 aromatic carbocycles. The minimum atomic E-state index is 0.432. The molecule has 0 atom stereocenters.